The van der Waals surface area contributed by atoms with Crippen molar-refractivity contribution < 1.29 is 9.90 Å². The summed E-state index contributed by atoms with van der Waals surface area (Å²) in [6, 6.07) is 1.57. The molecule has 0 unspecified atom stereocenters. The molecule has 0 fully saturated rings. The molecule has 1 aromatic heterocycles. The molecule has 0 aliphatic carbocycles. The Morgan fingerprint density at radius 2 is 2.27 bits per heavy atom. The molecule has 0 aliphatic rings. The second kappa shape index (κ2) is 3.77. The fourth-order valence-corrected chi connectivity index (χ4v) is 1.16. The maximum atomic E-state index is 10.9. The van der Waals surface area contributed by atoms with E-state index in [1.807, 2.05) is 20.8 Å². The summed E-state index contributed by atoms with van der Waals surface area (Å²) in [4.78, 5) is 10.9. The second-order valence-corrected chi connectivity index (χ2v) is 4.33. The Bertz CT molecular complexity index is 419. The molecule has 0 atom stereocenters. The van der Waals surface area contributed by atoms with Crippen LogP contribution >= 0.6 is 0 Å². The first kappa shape index (κ1) is 11.3. The van der Waals surface area contributed by atoms with Crippen molar-refractivity contribution in [3.63, 3.8) is 0 Å². The number of carboxylic acid groups (broad SMARTS) is 1. The SMILES string of the molecule is C#CCn1nc(C(C)(C)C)cc1C(=O)O. The molecule has 80 valence electrons. The highest BCUT2D eigenvalue weighted by atomic mass is 16.4. The Balaban J connectivity index is 3.22. The number of nitrogens with zero attached hydrogens (tertiary/aromatic N) is 2. The number of rotatable bonds is 2. The fraction of sp³-hybridized carbons (Fsp3) is 0.455. The lowest BCUT2D eigenvalue weighted by atomic mass is 9.92. The van der Waals surface area contributed by atoms with Crippen LogP contribution in [-0.2, 0) is 12.0 Å². The van der Waals surface area contributed by atoms with Crippen LogP contribution in [0, 0.1) is 12.3 Å². The normalized spacial score (nSPS) is 11.1. The Morgan fingerprint density at radius 1 is 1.67 bits per heavy atom. The molecule has 1 rings (SSSR count). The van der Waals surface area contributed by atoms with Gasteiger partial charge in [0.05, 0.1) is 5.69 Å². The van der Waals surface area contributed by atoms with E-state index in [0.29, 0.717) is 0 Å². The number of carbonyl (C=O) groups is 1. The largest absolute Gasteiger partial charge is 0.477 e. The van der Waals surface area contributed by atoms with E-state index >= 15 is 0 Å². The lowest BCUT2D eigenvalue weighted by Crippen LogP contribution is -2.13. The number of hydrogen-bond donors (Lipinski definition) is 1. The molecule has 0 bridgehead atoms. The maximum absolute atomic E-state index is 10.9. The molecule has 0 saturated heterocycles. The summed E-state index contributed by atoms with van der Waals surface area (Å²) in [5.41, 5.74) is 0.692. The van der Waals surface area contributed by atoms with Crippen LogP contribution < -0.4 is 0 Å². The van der Waals surface area contributed by atoms with Gasteiger partial charge in [0.25, 0.3) is 0 Å². The highest BCUT2D eigenvalue weighted by molar-refractivity contribution is 5.85. The molecule has 0 aliphatic heterocycles. The third kappa shape index (κ3) is 2.38. The predicted molar refractivity (Wildman–Crippen MR) is 56.7 cm³/mol. The van der Waals surface area contributed by atoms with Gasteiger partial charge in [-0.05, 0) is 6.07 Å². The van der Waals surface area contributed by atoms with Gasteiger partial charge in [-0.2, -0.15) is 5.10 Å². The highest BCUT2D eigenvalue weighted by Crippen LogP contribution is 2.21. The number of hydrogen-bond acceptors (Lipinski definition) is 2. The van der Waals surface area contributed by atoms with Crippen molar-refractivity contribution in [1.82, 2.24) is 9.78 Å². The van der Waals surface area contributed by atoms with Crippen molar-refractivity contribution in [1.29, 1.82) is 0 Å². The monoisotopic (exact) mass is 206 g/mol. The Morgan fingerprint density at radius 3 is 2.67 bits per heavy atom. The van der Waals surface area contributed by atoms with Gasteiger partial charge in [-0.1, -0.05) is 26.7 Å². The van der Waals surface area contributed by atoms with Crippen molar-refractivity contribution >= 4 is 5.97 Å². The molecule has 0 spiro atoms. The van der Waals surface area contributed by atoms with Gasteiger partial charge in [-0.25, -0.2) is 9.48 Å². The first-order valence-electron chi connectivity index (χ1n) is 4.61. The van der Waals surface area contributed by atoms with Gasteiger partial charge in [0.1, 0.15) is 12.2 Å². The third-order valence-electron chi connectivity index (χ3n) is 2.01. The summed E-state index contributed by atoms with van der Waals surface area (Å²) in [7, 11) is 0. The quantitative estimate of drug-likeness (QED) is 0.746. The van der Waals surface area contributed by atoms with Gasteiger partial charge < -0.3 is 5.11 Å². The van der Waals surface area contributed by atoms with Crippen molar-refractivity contribution in [3.05, 3.63) is 17.5 Å². The number of aromatic carboxylic acids is 1. The number of terminal acetylenes is 1. The third-order valence-corrected chi connectivity index (χ3v) is 2.01. The molecular weight excluding hydrogens is 192 g/mol. The lowest BCUT2D eigenvalue weighted by molar-refractivity contribution is 0.0684. The molecular formula is C11H14N2O2. The number of carboxylic acids is 1. The van der Waals surface area contributed by atoms with Crippen LogP contribution in [0.1, 0.15) is 37.0 Å². The minimum absolute atomic E-state index is 0.137. The standard InChI is InChI=1S/C11H14N2O2/c1-5-6-13-8(10(14)15)7-9(12-13)11(2,3)4/h1,7H,6H2,2-4H3,(H,14,15). The molecule has 1 heterocycles. The summed E-state index contributed by atoms with van der Waals surface area (Å²) >= 11 is 0. The molecule has 0 amide bonds. The minimum atomic E-state index is -1.01. The van der Waals surface area contributed by atoms with Crippen LogP contribution in [0.2, 0.25) is 0 Å². The molecule has 4 heteroatoms. The molecule has 0 aromatic carbocycles. The topological polar surface area (TPSA) is 55.1 Å². The van der Waals surface area contributed by atoms with Gasteiger partial charge in [0.2, 0.25) is 0 Å². The van der Waals surface area contributed by atoms with Crippen molar-refractivity contribution in [2.45, 2.75) is 32.7 Å². The second-order valence-electron chi connectivity index (χ2n) is 4.33. The summed E-state index contributed by atoms with van der Waals surface area (Å²) in [6.07, 6.45) is 5.14. The average molecular weight is 206 g/mol. The van der Waals surface area contributed by atoms with Crippen LogP contribution in [0.4, 0.5) is 0 Å². The van der Waals surface area contributed by atoms with Gasteiger partial charge in [-0.3, -0.25) is 0 Å². The maximum Gasteiger partial charge on any atom is 0.354 e. The van der Waals surface area contributed by atoms with E-state index in [2.05, 4.69) is 11.0 Å². The fourth-order valence-electron chi connectivity index (χ4n) is 1.16. The van der Waals surface area contributed by atoms with Crippen LogP contribution in [0.5, 0.6) is 0 Å². The van der Waals surface area contributed by atoms with Gasteiger partial charge >= 0.3 is 5.97 Å². The van der Waals surface area contributed by atoms with Crippen molar-refractivity contribution in [3.8, 4) is 12.3 Å². The molecule has 1 aromatic rings. The zero-order chi connectivity index (χ0) is 11.6. The molecule has 0 saturated carbocycles. The smallest absolute Gasteiger partial charge is 0.354 e. The Kier molecular flexibility index (Phi) is 2.85. The zero-order valence-electron chi connectivity index (χ0n) is 9.11. The zero-order valence-corrected chi connectivity index (χ0v) is 9.11. The van der Waals surface area contributed by atoms with E-state index in [0.717, 1.165) is 5.69 Å². The molecule has 4 nitrogen and oxygen atoms in total. The first-order chi connectivity index (χ1) is 6.86. The van der Waals surface area contributed by atoms with Gasteiger partial charge in [0.15, 0.2) is 0 Å². The van der Waals surface area contributed by atoms with Crippen LogP contribution in [0.15, 0.2) is 6.07 Å². The molecule has 15 heavy (non-hydrogen) atoms. The predicted octanol–water partition coefficient (Wildman–Crippen LogP) is 1.51. The lowest BCUT2D eigenvalue weighted by Gasteiger charge is -2.13. The van der Waals surface area contributed by atoms with E-state index < -0.39 is 5.97 Å². The summed E-state index contributed by atoms with van der Waals surface area (Å²) in [5, 5.41) is 13.1. The molecule has 1 N–H and O–H groups in total. The molecule has 0 radical (unpaired) electrons. The summed E-state index contributed by atoms with van der Waals surface area (Å²) < 4.78 is 1.34. The van der Waals surface area contributed by atoms with E-state index in [1.54, 1.807) is 6.07 Å². The minimum Gasteiger partial charge on any atom is -0.477 e. The first-order valence-corrected chi connectivity index (χ1v) is 4.61. The van der Waals surface area contributed by atoms with E-state index in [1.165, 1.54) is 4.68 Å². The van der Waals surface area contributed by atoms with Crippen LogP contribution in [-0.4, -0.2) is 20.9 Å². The van der Waals surface area contributed by atoms with Crippen LogP contribution in [0.25, 0.3) is 0 Å². The highest BCUT2D eigenvalue weighted by Gasteiger charge is 2.22. The van der Waals surface area contributed by atoms with Crippen molar-refractivity contribution in [2.24, 2.45) is 0 Å². The average Bonchev–Trinajstić information content (AvgIpc) is 2.48. The summed E-state index contributed by atoms with van der Waals surface area (Å²) in [5.74, 6) is 1.37. The van der Waals surface area contributed by atoms with E-state index in [-0.39, 0.29) is 17.7 Å². The van der Waals surface area contributed by atoms with E-state index in [9.17, 15) is 4.79 Å². The van der Waals surface area contributed by atoms with Gasteiger partial charge in [-0.15, -0.1) is 6.42 Å². The van der Waals surface area contributed by atoms with Crippen LogP contribution in [0.3, 0.4) is 0 Å². The van der Waals surface area contributed by atoms with Crippen molar-refractivity contribution in [2.75, 3.05) is 0 Å². The Labute approximate surface area is 88.9 Å². The summed E-state index contributed by atoms with van der Waals surface area (Å²) in [6.45, 7) is 6.10. The van der Waals surface area contributed by atoms with Gasteiger partial charge in [0, 0.05) is 5.41 Å². The Hall–Kier alpha value is -1.76. The number of aromatic nitrogens is 2. The van der Waals surface area contributed by atoms with E-state index in [4.69, 9.17) is 11.5 Å².